The molecule has 0 spiro atoms. The zero-order chi connectivity index (χ0) is 24.2. The number of anilines is 1. The fourth-order valence-corrected chi connectivity index (χ4v) is 4.30. The first-order valence-electron chi connectivity index (χ1n) is 9.39. The minimum absolute atomic E-state index is 0.0469. The number of aromatic nitrogens is 1. The van der Waals surface area contributed by atoms with Crippen molar-refractivity contribution in [2.75, 3.05) is 12.4 Å². The van der Waals surface area contributed by atoms with E-state index in [0.29, 0.717) is 0 Å². The molecule has 2 aromatic carbocycles. The number of hydrogen-bond acceptors (Lipinski definition) is 7. The van der Waals surface area contributed by atoms with Crippen LogP contribution in [0.2, 0.25) is 0 Å². The lowest BCUT2D eigenvalue weighted by atomic mass is 10.1. The number of carboxylic acid groups (broad SMARTS) is 1. The van der Waals surface area contributed by atoms with Gasteiger partial charge in [0.1, 0.15) is 11.6 Å². The number of amides is 1. The van der Waals surface area contributed by atoms with Crippen molar-refractivity contribution >= 4 is 33.5 Å². The average molecular weight is 469 g/mol. The molecule has 0 saturated heterocycles. The number of hydrogen-bond donors (Lipinski definition) is 4. The van der Waals surface area contributed by atoms with E-state index in [0.717, 1.165) is 4.31 Å². The van der Waals surface area contributed by atoms with Gasteiger partial charge >= 0.3 is 5.97 Å². The number of pyridine rings is 1. The molecule has 10 nitrogen and oxygen atoms in total. The summed E-state index contributed by atoms with van der Waals surface area (Å²) in [7, 11) is -2.69. The third kappa shape index (κ3) is 4.93. The predicted octanol–water partition coefficient (Wildman–Crippen LogP) is 2.67. The highest BCUT2D eigenvalue weighted by molar-refractivity contribution is 7.89. The van der Waals surface area contributed by atoms with Crippen LogP contribution in [0, 0.1) is 0 Å². The maximum Gasteiger partial charge on any atom is 0.335 e. The summed E-state index contributed by atoms with van der Waals surface area (Å²) in [5.41, 5.74) is -0.0797. The Kier molecular flexibility index (Phi) is 6.64. The predicted molar refractivity (Wildman–Crippen MR) is 119 cm³/mol. The third-order valence-corrected chi connectivity index (χ3v) is 6.37. The maximum absolute atomic E-state index is 12.5. The van der Waals surface area contributed by atoms with Gasteiger partial charge in [-0.2, -0.15) is 0 Å². The van der Waals surface area contributed by atoms with Crippen molar-refractivity contribution in [3.63, 3.8) is 0 Å². The lowest BCUT2D eigenvalue weighted by molar-refractivity contribution is -0.113. The molecule has 1 aliphatic rings. The summed E-state index contributed by atoms with van der Waals surface area (Å²) in [6.07, 6.45) is 1.49. The Bertz CT molecular complexity index is 1320. The summed E-state index contributed by atoms with van der Waals surface area (Å²) < 4.78 is 25.8. The SMILES string of the molecule is CN1C(C(=O)Nc2ccccn2)=C(O)c2ccccc2S1(=O)=O.O=C(O)c1ccc(O)cc1. The second-order valence-electron chi connectivity index (χ2n) is 6.69. The van der Waals surface area contributed by atoms with Gasteiger partial charge in [0, 0.05) is 18.8 Å². The lowest BCUT2D eigenvalue weighted by Crippen LogP contribution is -2.37. The van der Waals surface area contributed by atoms with Crippen molar-refractivity contribution in [1.82, 2.24) is 9.29 Å². The molecule has 4 rings (SSSR count). The molecule has 4 N–H and O–H groups in total. The minimum Gasteiger partial charge on any atom is -0.508 e. The molecule has 3 aromatic rings. The van der Waals surface area contributed by atoms with E-state index in [1.54, 1.807) is 30.3 Å². The molecule has 1 amide bonds. The number of nitrogens with zero attached hydrogens (tertiary/aromatic N) is 2. The summed E-state index contributed by atoms with van der Waals surface area (Å²) in [6, 6.07) is 16.2. The van der Waals surface area contributed by atoms with Gasteiger partial charge in [0.2, 0.25) is 0 Å². The molecule has 0 fully saturated rings. The monoisotopic (exact) mass is 469 g/mol. The van der Waals surface area contributed by atoms with Crippen molar-refractivity contribution in [2.24, 2.45) is 0 Å². The second-order valence-corrected chi connectivity index (χ2v) is 8.62. The number of aliphatic hydroxyl groups is 1. The Labute approximate surface area is 189 Å². The second kappa shape index (κ2) is 9.40. The first kappa shape index (κ1) is 23.3. The van der Waals surface area contributed by atoms with Crippen LogP contribution in [-0.2, 0) is 14.8 Å². The molecular weight excluding hydrogens is 450 g/mol. The molecule has 170 valence electrons. The van der Waals surface area contributed by atoms with E-state index in [1.165, 1.54) is 49.6 Å². The number of carboxylic acids is 1. The summed E-state index contributed by atoms with van der Waals surface area (Å²) in [6.45, 7) is 0. The van der Waals surface area contributed by atoms with Crippen LogP contribution in [0.5, 0.6) is 5.75 Å². The van der Waals surface area contributed by atoms with Crippen LogP contribution < -0.4 is 5.32 Å². The van der Waals surface area contributed by atoms with E-state index in [-0.39, 0.29) is 33.3 Å². The highest BCUT2D eigenvalue weighted by atomic mass is 32.2. The Morgan fingerprint density at radius 1 is 0.939 bits per heavy atom. The highest BCUT2D eigenvalue weighted by Gasteiger charge is 2.37. The van der Waals surface area contributed by atoms with Gasteiger partial charge in [0.25, 0.3) is 15.9 Å². The molecule has 11 heteroatoms. The van der Waals surface area contributed by atoms with Gasteiger partial charge < -0.3 is 20.6 Å². The van der Waals surface area contributed by atoms with Gasteiger partial charge in [-0.05, 0) is 48.5 Å². The van der Waals surface area contributed by atoms with E-state index in [9.17, 15) is 23.1 Å². The molecule has 0 saturated carbocycles. The van der Waals surface area contributed by atoms with E-state index in [2.05, 4.69) is 10.3 Å². The van der Waals surface area contributed by atoms with E-state index in [1.807, 2.05) is 0 Å². The summed E-state index contributed by atoms with van der Waals surface area (Å²) in [5, 5.41) is 30.0. The van der Waals surface area contributed by atoms with Crippen molar-refractivity contribution < 1.29 is 33.3 Å². The van der Waals surface area contributed by atoms with Crippen LogP contribution in [0.4, 0.5) is 5.82 Å². The van der Waals surface area contributed by atoms with Crippen LogP contribution in [-0.4, -0.2) is 52.0 Å². The Hall–Kier alpha value is -4.38. The summed E-state index contributed by atoms with van der Waals surface area (Å²) in [5.74, 6) is -1.82. The number of likely N-dealkylation sites (N-methyl/N-ethyl adjacent to an activating group) is 1. The molecule has 1 aliphatic heterocycles. The van der Waals surface area contributed by atoms with E-state index >= 15 is 0 Å². The molecule has 33 heavy (non-hydrogen) atoms. The number of fused-ring (bicyclic) bond motifs is 1. The lowest BCUT2D eigenvalue weighted by Gasteiger charge is -2.28. The smallest absolute Gasteiger partial charge is 0.335 e. The van der Waals surface area contributed by atoms with Crippen LogP contribution in [0.1, 0.15) is 15.9 Å². The number of carbonyl (C=O) groups is 2. The number of benzene rings is 2. The Balaban J connectivity index is 0.000000257. The highest BCUT2D eigenvalue weighted by Crippen LogP contribution is 2.34. The molecule has 0 radical (unpaired) electrons. The van der Waals surface area contributed by atoms with E-state index in [4.69, 9.17) is 10.2 Å². The molecule has 0 bridgehead atoms. The molecule has 2 heterocycles. The number of rotatable bonds is 3. The largest absolute Gasteiger partial charge is 0.508 e. The number of carbonyl (C=O) groups excluding carboxylic acids is 1. The van der Waals surface area contributed by atoms with Crippen molar-refractivity contribution in [3.8, 4) is 5.75 Å². The fraction of sp³-hybridized carbons (Fsp3) is 0.0455. The Morgan fingerprint density at radius 2 is 1.58 bits per heavy atom. The molecule has 0 unspecified atom stereocenters. The zero-order valence-corrected chi connectivity index (χ0v) is 18.0. The number of aromatic hydroxyl groups is 1. The number of phenols is 1. The zero-order valence-electron chi connectivity index (χ0n) is 17.2. The normalized spacial score (nSPS) is 13.9. The van der Waals surface area contributed by atoms with Crippen LogP contribution in [0.3, 0.4) is 0 Å². The molecule has 0 aliphatic carbocycles. The number of sulfonamides is 1. The fourth-order valence-electron chi connectivity index (χ4n) is 2.90. The van der Waals surface area contributed by atoms with Crippen LogP contribution in [0.15, 0.2) is 83.5 Å². The number of nitrogens with one attached hydrogen (secondary N) is 1. The molecular formula is C22H19N3O7S. The van der Waals surface area contributed by atoms with Gasteiger partial charge in [-0.3, -0.25) is 9.10 Å². The summed E-state index contributed by atoms with van der Waals surface area (Å²) >= 11 is 0. The number of aliphatic hydroxyl groups excluding tert-OH is 1. The third-order valence-electron chi connectivity index (χ3n) is 4.56. The quantitative estimate of drug-likeness (QED) is 0.456. The van der Waals surface area contributed by atoms with Crippen molar-refractivity contribution in [1.29, 1.82) is 0 Å². The number of phenolic OH excluding ortho intramolecular Hbond substituents is 1. The van der Waals surface area contributed by atoms with Gasteiger partial charge in [-0.25, -0.2) is 18.2 Å². The van der Waals surface area contributed by atoms with Crippen LogP contribution in [0.25, 0.3) is 5.76 Å². The van der Waals surface area contributed by atoms with E-state index < -0.39 is 27.7 Å². The van der Waals surface area contributed by atoms with Crippen LogP contribution >= 0.6 is 0 Å². The number of aromatic carboxylic acids is 1. The molecule has 1 aromatic heterocycles. The standard InChI is InChI=1S/C15H13N3O4S.C7H6O3/c1-18-13(15(20)17-12-8-4-5-9-16-12)14(19)10-6-2-3-7-11(10)23(18,21)22;8-6-3-1-5(2-4-6)7(9)10/h2-9,19H,1H3,(H,16,17,20);1-4,8H,(H,9,10). The first-order valence-corrected chi connectivity index (χ1v) is 10.8. The average Bonchev–Trinajstić information content (AvgIpc) is 2.79. The molecule has 0 atom stereocenters. The maximum atomic E-state index is 12.5. The van der Waals surface area contributed by atoms with Gasteiger partial charge in [-0.15, -0.1) is 0 Å². The Morgan fingerprint density at radius 3 is 2.18 bits per heavy atom. The van der Waals surface area contributed by atoms with Gasteiger partial charge in [0.15, 0.2) is 11.5 Å². The topological polar surface area (TPSA) is 157 Å². The van der Waals surface area contributed by atoms with Gasteiger partial charge in [-0.1, -0.05) is 18.2 Å². The summed E-state index contributed by atoms with van der Waals surface area (Å²) in [4.78, 5) is 26.5. The van der Waals surface area contributed by atoms with Crippen molar-refractivity contribution in [2.45, 2.75) is 4.90 Å². The van der Waals surface area contributed by atoms with Gasteiger partial charge in [0.05, 0.1) is 10.5 Å². The first-order chi connectivity index (χ1) is 15.6. The minimum atomic E-state index is -3.91. The van der Waals surface area contributed by atoms with Crippen molar-refractivity contribution in [3.05, 3.63) is 89.8 Å².